The van der Waals surface area contributed by atoms with Crippen LogP contribution in [0.3, 0.4) is 0 Å². The van der Waals surface area contributed by atoms with Crippen molar-refractivity contribution in [2.75, 3.05) is 6.61 Å². The molecule has 0 bridgehead atoms. The molecule has 2 heterocycles. The highest BCUT2D eigenvalue weighted by Gasteiger charge is 2.42. The minimum Gasteiger partial charge on any atom is -0.344 e. The minimum absolute atomic E-state index is 0.365. The molecule has 1 aromatic rings. The van der Waals surface area contributed by atoms with Crippen molar-refractivity contribution in [1.82, 2.24) is 9.55 Å². The van der Waals surface area contributed by atoms with Gasteiger partial charge in [0.15, 0.2) is 5.78 Å². The van der Waals surface area contributed by atoms with E-state index in [-0.39, 0.29) is 6.42 Å². The first kappa shape index (κ1) is 23.0. The number of phosphoric ester groups is 1. The molecule has 1 aliphatic rings. The number of hydrogen-bond donors (Lipinski definition) is 5. The summed E-state index contributed by atoms with van der Waals surface area (Å²) in [5, 5.41) is 0. The number of Topliss-reactive ketones (excluding diaryl/α,β-unsaturated/α-hetero) is 1. The third-order valence-electron chi connectivity index (χ3n) is 3.02. The first-order chi connectivity index (χ1) is 12.7. The molecule has 16 nitrogen and oxygen atoms in total. The van der Waals surface area contributed by atoms with Crippen molar-refractivity contribution in [3.8, 4) is 0 Å². The zero-order chi connectivity index (χ0) is 21.3. The quantitative estimate of drug-likeness (QED) is 0.281. The number of nitrogens with zero attached hydrogens (tertiary/aromatic N) is 1. The van der Waals surface area contributed by atoms with Gasteiger partial charge in [0.2, 0.25) is 0 Å². The van der Waals surface area contributed by atoms with Crippen molar-refractivity contribution in [3.05, 3.63) is 33.1 Å². The molecule has 1 saturated heterocycles. The number of carbonyl (C=O) groups is 1. The molecule has 0 radical (unpaired) electrons. The third-order valence-corrected chi connectivity index (χ3v) is 6.83. The molecule has 1 fully saturated rings. The van der Waals surface area contributed by atoms with Crippen LogP contribution >= 0.6 is 23.5 Å². The lowest BCUT2D eigenvalue weighted by Crippen LogP contribution is -2.31. The predicted octanol–water partition coefficient (Wildman–Crippen LogP) is -1.26. The smallest absolute Gasteiger partial charge is 0.344 e. The highest BCUT2D eigenvalue weighted by molar-refractivity contribution is 7.66. The van der Waals surface area contributed by atoms with Crippen molar-refractivity contribution in [2.24, 2.45) is 0 Å². The number of aromatic amines is 1. The molecule has 5 N–H and O–H groups in total. The van der Waals surface area contributed by atoms with Gasteiger partial charge in [-0.3, -0.25) is 23.7 Å². The number of hydrogen-bond acceptors (Lipinski definition) is 10. The van der Waals surface area contributed by atoms with Gasteiger partial charge in [-0.05, 0) is 0 Å². The molecule has 4 atom stereocenters. The first-order valence-corrected chi connectivity index (χ1v) is 11.5. The van der Waals surface area contributed by atoms with Crippen LogP contribution in [0.25, 0.3) is 0 Å². The van der Waals surface area contributed by atoms with E-state index in [2.05, 4.69) is 13.1 Å². The van der Waals surface area contributed by atoms with E-state index in [1.807, 2.05) is 4.98 Å². The Morgan fingerprint density at radius 3 is 2.32 bits per heavy atom. The number of ketones is 1. The second-order valence-electron chi connectivity index (χ2n) is 5.15. The number of H-pyrrole nitrogens is 1. The Balaban J connectivity index is 2.00. The fraction of sp³-hybridized carbons (Fsp3) is 0.444. The molecule has 0 aliphatic carbocycles. The van der Waals surface area contributed by atoms with Crippen LogP contribution < -0.4 is 11.2 Å². The average Bonchev–Trinajstić information content (AvgIpc) is 2.82. The molecule has 0 saturated carbocycles. The number of nitrogens with one attached hydrogen (secondary N) is 1. The van der Waals surface area contributed by atoms with E-state index >= 15 is 0 Å². The van der Waals surface area contributed by atoms with Gasteiger partial charge in [-0.25, -0.2) is 18.5 Å². The summed E-state index contributed by atoms with van der Waals surface area (Å²) in [6.45, 7) is -0.975. The number of rotatable bonds is 8. The number of carbonyl (C=O) groups excluding carboxylic acids is 1. The molecular weight excluding hydrogens is 453 g/mol. The molecule has 158 valence electrons. The maximum atomic E-state index is 11.9. The summed E-state index contributed by atoms with van der Waals surface area (Å²) in [6, 6.07) is 0.995. The summed E-state index contributed by atoms with van der Waals surface area (Å²) >= 11 is 0. The van der Waals surface area contributed by atoms with Crippen LogP contribution in [0.5, 0.6) is 0 Å². The maximum absolute atomic E-state index is 11.9. The van der Waals surface area contributed by atoms with Crippen LogP contribution in [0.15, 0.2) is 21.9 Å². The predicted molar refractivity (Wildman–Crippen MR) is 84.7 cm³/mol. The van der Waals surface area contributed by atoms with E-state index in [0.29, 0.717) is 0 Å². The highest BCUT2D eigenvalue weighted by Crippen LogP contribution is 2.66. The topological polar surface area (TPSA) is 241 Å². The van der Waals surface area contributed by atoms with Gasteiger partial charge in [-0.2, -0.15) is 8.62 Å². The Bertz CT molecular complexity index is 1010. The van der Waals surface area contributed by atoms with Crippen LogP contribution in [0, 0.1) is 0 Å². The largest absolute Gasteiger partial charge is 0.490 e. The molecule has 0 spiro atoms. The second kappa shape index (κ2) is 8.22. The summed E-state index contributed by atoms with van der Waals surface area (Å²) in [4.78, 5) is 71.7. The molecular formula is C9H13N2O14P3. The van der Waals surface area contributed by atoms with Crippen LogP contribution in [0.4, 0.5) is 0 Å². The molecule has 1 aromatic heterocycles. The number of phosphoric acid groups is 3. The van der Waals surface area contributed by atoms with Gasteiger partial charge in [-0.15, -0.1) is 0 Å². The van der Waals surface area contributed by atoms with E-state index in [4.69, 9.17) is 19.4 Å². The minimum atomic E-state index is -5.69. The molecule has 28 heavy (non-hydrogen) atoms. The Morgan fingerprint density at radius 1 is 1.11 bits per heavy atom. The van der Waals surface area contributed by atoms with Crippen LogP contribution in [0.2, 0.25) is 0 Å². The zero-order valence-electron chi connectivity index (χ0n) is 13.4. The van der Waals surface area contributed by atoms with E-state index in [1.165, 1.54) is 0 Å². The molecule has 0 aromatic carbocycles. The summed E-state index contributed by atoms with van der Waals surface area (Å²) in [7, 11) is -16.6. The third kappa shape index (κ3) is 6.65. The molecule has 4 unspecified atom stereocenters. The second-order valence-corrected chi connectivity index (χ2v) is 9.57. The summed E-state index contributed by atoms with van der Waals surface area (Å²) in [5.74, 6) is -0.679. The monoisotopic (exact) mass is 466 g/mol. The summed E-state index contributed by atoms with van der Waals surface area (Å²) in [6.07, 6.45) is -1.96. The van der Waals surface area contributed by atoms with Crippen molar-refractivity contribution in [1.29, 1.82) is 0 Å². The van der Waals surface area contributed by atoms with E-state index in [9.17, 15) is 33.0 Å². The standard InChI is InChI=1S/C9H13N2O14P3/c12-5-3-8(11-2-1-7(13)10-9(11)14)23-6(5)4-22-27(18,19)25-28(20,21)24-26(15,16)17/h1-2,6,8H,3-4H2,(H,18,19)(H,20,21)(H,10,13,14)(H2,15,16,17). The SMILES string of the molecule is O=C1CC(n2ccc(=O)[nH]c2=O)OC1COP(=O)(O)OP(=O)(O)OP(=O)(O)O. The lowest BCUT2D eigenvalue weighted by molar-refractivity contribution is -0.124. The number of aromatic nitrogens is 2. The van der Waals surface area contributed by atoms with Gasteiger partial charge < -0.3 is 24.3 Å². The summed E-state index contributed by atoms with van der Waals surface area (Å²) in [5.41, 5.74) is -1.56. The molecule has 2 rings (SSSR count). The van der Waals surface area contributed by atoms with E-state index < -0.39 is 59.4 Å². The van der Waals surface area contributed by atoms with Gasteiger partial charge in [0.05, 0.1) is 13.0 Å². The Morgan fingerprint density at radius 2 is 1.75 bits per heavy atom. The van der Waals surface area contributed by atoms with Crippen molar-refractivity contribution < 1.29 is 55.9 Å². The van der Waals surface area contributed by atoms with E-state index in [0.717, 1.165) is 16.8 Å². The molecule has 19 heteroatoms. The number of ether oxygens (including phenoxy) is 1. The van der Waals surface area contributed by atoms with Crippen molar-refractivity contribution in [3.63, 3.8) is 0 Å². The van der Waals surface area contributed by atoms with Crippen LogP contribution in [-0.2, 0) is 36.4 Å². The Hall–Kier alpha value is -1.28. The zero-order valence-corrected chi connectivity index (χ0v) is 16.1. The Labute approximate surface area is 154 Å². The average molecular weight is 466 g/mol. The van der Waals surface area contributed by atoms with Crippen LogP contribution in [0.1, 0.15) is 12.6 Å². The lowest BCUT2D eigenvalue weighted by atomic mass is 10.2. The van der Waals surface area contributed by atoms with Gasteiger partial charge in [0.1, 0.15) is 12.3 Å². The normalized spacial score (nSPS) is 24.6. The van der Waals surface area contributed by atoms with E-state index in [1.54, 1.807) is 0 Å². The van der Waals surface area contributed by atoms with Gasteiger partial charge in [0.25, 0.3) is 5.56 Å². The van der Waals surface area contributed by atoms with Crippen molar-refractivity contribution in [2.45, 2.75) is 18.8 Å². The molecule has 0 amide bonds. The lowest BCUT2D eigenvalue weighted by Gasteiger charge is -2.18. The molecule has 1 aliphatic heterocycles. The fourth-order valence-corrected chi connectivity index (χ4v) is 5.05. The highest BCUT2D eigenvalue weighted by atomic mass is 31.3. The maximum Gasteiger partial charge on any atom is 0.490 e. The van der Waals surface area contributed by atoms with Crippen molar-refractivity contribution >= 4 is 29.3 Å². The van der Waals surface area contributed by atoms with Gasteiger partial charge in [-0.1, -0.05) is 0 Å². The first-order valence-electron chi connectivity index (χ1n) is 6.95. The Kier molecular flexibility index (Phi) is 6.76. The van der Waals surface area contributed by atoms with Gasteiger partial charge in [0, 0.05) is 12.3 Å². The van der Waals surface area contributed by atoms with Crippen LogP contribution in [-0.4, -0.2) is 47.6 Å². The fourth-order valence-electron chi connectivity index (χ4n) is 2.03. The van der Waals surface area contributed by atoms with Gasteiger partial charge >= 0.3 is 29.2 Å². The summed E-state index contributed by atoms with van der Waals surface area (Å²) < 4.78 is 50.7.